The van der Waals surface area contributed by atoms with Crippen LogP contribution in [0.3, 0.4) is 0 Å². The fourth-order valence-electron chi connectivity index (χ4n) is 3.96. The Bertz CT molecular complexity index is 1320. The van der Waals surface area contributed by atoms with Gasteiger partial charge in [0.15, 0.2) is 0 Å². The molecule has 0 N–H and O–H groups in total. The zero-order valence-electron chi connectivity index (χ0n) is 16.6. The molecule has 2 nitrogen and oxygen atoms in total. The molecule has 0 saturated carbocycles. The topological polar surface area (TPSA) is 25.8 Å². The smallest absolute Gasteiger partial charge is 0.0969 e. The van der Waals surface area contributed by atoms with Crippen LogP contribution in [0.2, 0.25) is 0 Å². The number of rotatable bonds is 3. The van der Waals surface area contributed by atoms with Crippen LogP contribution in [0.1, 0.15) is 25.5 Å². The fraction of sp³-hybridized carbons (Fsp3) is 0.111. The van der Waals surface area contributed by atoms with E-state index in [4.69, 9.17) is 9.97 Å². The summed E-state index contributed by atoms with van der Waals surface area (Å²) in [6.45, 7) is 4.38. The third-order valence-electron chi connectivity index (χ3n) is 5.40. The van der Waals surface area contributed by atoms with E-state index < -0.39 is 0 Å². The average Bonchev–Trinajstić information content (AvgIpc) is 2.78. The molecule has 5 rings (SSSR count). The lowest BCUT2D eigenvalue weighted by atomic mass is 9.94. The van der Waals surface area contributed by atoms with Gasteiger partial charge in [0.2, 0.25) is 0 Å². The lowest BCUT2D eigenvalue weighted by molar-refractivity contribution is 0.826. The van der Waals surface area contributed by atoms with Crippen molar-refractivity contribution >= 4 is 21.8 Å². The van der Waals surface area contributed by atoms with Crippen LogP contribution in [-0.4, -0.2) is 9.97 Å². The van der Waals surface area contributed by atoms with Crippen molar-refractivity contribution < 1.29 is 0 Å². The standard InChI is InChI=1S/C27H22N2/c1-18(2)25-27(23-15-9-8-13-21(23)19-10-4-3-5-11-19)28-24-17-16-20-12-6-7-14-22(20)26(24)29-25/h3-18H,1-2H3. The summed E-state index contributed by atoms with van der Waals surface area (Å²) in [5, 5.41) is 2.35. The van der Waals surface area contributed by atoms with Crippen molar-refractivity contribution in [1.82, 2.24) is 9.97 Å². The van der Waals surface area contributed by atoms with Gasteiger partial charge in [0.1, 0.15) is 0 Å². The van der Waals surface area contributed by atoms with Crippen LogP contribution in [0.5, 0.6) is 0 Å². The van der Waals surface area contributed by atoms with Crippen LogP contribution in [-0.2, 0) is 0 Å². The van der Waals surface area contributed by atoms with E-state index in [0.29, 0.717) is 0 Å². The van der Waals surface area contributed by atoms with E-state index in [1.54, 1.807) is 0 Å². The van der Waals surface area contributed by atoms with Gasteiger partial charge in [0, 0.05) is 10.9 Å². The Hall–Kier alpha value is -3.52. The van der Waals surface area contributed by atoms with Gasteiger partial charge in [0.25, 0.3) is 0 Å². The number of hydrogen-bond donors (Lipinski definition) is 0. The molecule has 0 saturated heterocycles. The minimum Gasteiger partial charge on any atom is -0.248 e. The largest absolute Gasteiger partial charge is 0.248 e. The van der Waals surface area contributed by atoms with Gasteiger partial charge in [-0.3, -0.25) is 0 Å². The Balaban J connectivity index is 1.82. The summed E-state index contributed by atoms with van der Waals surface area (Å²) in [5.74, 6) is 0.268. The highest BCUT2D eigenvalue weighted by atomic mass is 14.8. The minimum absolute atomic E-state index is 0.268. The summed E-state index contributed by atoms with van der Waals surface area (Å²) in [7, 11) is 0. The summed E-state index contributed by atoms with van der Waals surface area (Å²) in [6.07, 6.45) is 0. The summed E-state index contributed by atoms with van der Waals surface area (Å²) in [5.41, 5.74) is 7.44. The molecule has 1 aromatic heterocycles. The molecular weight excluding hydrogens is 352 g/mol. The van der Waals surface area contributed by atoms with Gasteiger partial charge in [-0.15, -0.1) is 0 Å². The number of fused-ring (bicyclic) bond motifs is 3. The summed E-state index contributed by atoms with van der Waals surface area (Å²) in [6, 6.07) is 31.6. The van der Waals surface area contributed by atoms with Gasteiger partial charge in [0.05, 0.1) is 22.4 Å². The molecule has 0 amide bonds. The first-order valence-electron chi connectivity index (χ1n) is 10.1. The number of nitrogens with zero attached hydrogens (tertiary/aromatic N) is 2. The zero-order chi connectivity index (χ0) is 19.8. The van der Waals surface area contributed by atoms with Crippen LogP contribution in [0.15, 0.2) is 91.0 Å². The first kappa shape index (κ1) is 17.6. The van der Waals surface area contributed by atoms with Crippen molar-refractivity contribution in [3.05, 3.63) is 96.7 Å². The monoisotopic (exact) mass is 374 g/mol. The van der Waals surface area contributed by atoms with E-state index in [1.807, 2.05) is 6.07 Å². The lowest BCUT2D eigenvalue weighted by Gasteiger charge is -2.16. The molecule has 0 radical (unpaired) electrons. The predicted octanol–water partition coefficient (Wildman–Crippen LogP) is 7.24. The molecule has 0 aliphatic rings. The molecular formula is C27H22N2. The molecule has 0 unspecified atom stereocenters. The lowest BCUT2D eigenvalue weighted by Crippen LogP contribution is -2.02. The van der Waals surface area contributed by atoms with Crippen LogP contribution < -0.4 is 0 Å². The SMILES string of the molecule is CC(C)c1nc2c(ccc3ccccc32)nc1-c1ccccc1-c1ccccc1. The van der Waals surface area contributed by atoms with Crippen LogP contribution in [0, 0.1) is 0 Å². The van der Waals surface area contributed by atoms with Crippen LogP contribution in [0.25, 0.3) is 44.2 Å². The molecule has 0 aliphatic carbocycles. The maximum absolute atomic E-state index is 5.15. The highest BCUT2D eigenvalue weighted by Crippen LogP contribution is 2.36. The van der Waals surface area contributed by atoms with E-state index in [0.717, 1.165) is 33.4 Å². The maximum Gasteiger partial charge on any atom is 0.0969 e. The van der Waals surface area contributed by atoms with Crippen molar-refractivity contribution in [3.8, 4) is 22.4 Å². The van der Waals surface area contributed by atoms with E-state index in [1.165, 1.54) is 16.5 Å². The summed E-state index contributed by atoms with van der Waals surface area (Å²) in [4.78, 5) is 10.3. The van der Waals surface area contributed by atoms with Crippen LogP contribution >= 0.6 is 0 Å². The molecule has 2 heteroatoms. The van der Waals surface area contributed by atoms with E-state index >= 15 is 0 Å². The van der Waals surface area contributed by atoms with E-state index in [2.05, 4.69) is 98.8 Å². The Morgan fingerprint density at radius 2 is 1.31 bits per heavy atom. The highest BCUT2D eigenvalue weighted by molar-refractivity contribution is 6.04. The molecule has 4 aromatic carbocycles. The van der Waals surface area contributed by atoms with Crippen molar-refractivity contribution in [2.24, 2.45) is 0 Å². The molecule has 0 aliphatic heterocycles. The van der Waals surface area contributed by atoms with Gasteiger partial charge in [-0.05, 0) is 28.5 Å². The molecule has 0 fully saturated rings. The predicted molar refractivity (Wildman–Crippen MR) is 122 cm³/mol. The van der Waals surface area contributed by atoms with Crippen molar-refractivity contribution in [3.63, 3.8) is 0 Å². The first-order valence-corrected chi connectivity index (χ1v) is 10.1. The van der Waals surface area contributed by atoms with Gasteiger partial charge >= 0.3 is 0 Å². The van der Waals surface area contributed by atoms with Crippen molar-refractivity contribution in [2.45, 2.75) is 19.8 Å². The minimum atomic E-state index is 0.268. The highest BCUT2D eigenvalue weighted by Gasteiger charge is 2.18. The second-order valence-electron chi connectivity index (χ2n) is 7.68. The first-order chi connectivity index (χ1) is 14.2. The van der Waals surface area contributed by atoms with Crippen LogP contribution in [0.4, 0.5) is 0 Å². The Labute approximate surface area is 170 Å². The van der Waals surface area contributed by atoms with Gasteiger partial charge in [-0.25, -0.2) is 9.97 Å². The number of aromatic nitrogens is 2. The Morgan fingerprint density at radius 1 is 0.621 bits per heavy atom. The third kappa shape index (κ3) is 3.07. The molecule has 0 spiro atoms. The van der Waals surface area contributed by atoms with Crippen molar-refractivity contribution in [1.29, 1.82) is 0 Å². The molecule has 1 heterocycles. The molecule has 0 atom stereocenters. The summed E-state index contributed by atoms with van der Waals surface area (Å²) < 4.78 is 0. The quantitative estimate of drug-likeness (QED) is 0.311. The number of benzene rings is 4. The zero-order valence-corrected chi connectivity index (χ0v) is 16.6. The Morgan fingerprint density at radius 3 is 2.10 bits per heavy atom. The third-order valence-corrected chi connectivity index (χ3v) is 5.40. The van der Waals surface area contributed by atoms with Gasteiger partial charge in [-0.2, -0.15) is 0 Å². The second kappa shape index (κ2) is 7.14. The second-order valence-corrected chi connectivity index (χ2v) is 7.68. The molecule has 140 valence electrons. The average molecular weight is 374 g/mol. The molecule has 29 heavy (non-hydrogen) atoms. The normalized spacial score (nSPS) is 11.4. The van der Waals surface area contributed by atoms with Gasteiger partial charge < -0.3 is 0 Å². The van der Waals surface area contributed by atoms with E-state index in [9.17, 15) is 0 Å². The maximum atomic E-state index is 5.15. The fourth-order valence-corrected chi connectivity index (χ4v) is 3.96. The molecule has 0 bridgehead atoms. The van der Waals surface area contributed by atoms with Crippen molar-refractivity contribution in [2.75, 3.05) is 0 Å². The van der Waals surface area contributed by atoms with Gasteiger partial charge in [-0.1, -0.05) is 98.8 Å². The number of hydrogen-bond acceptors (Lipinski definition) is 2. The van der Waals surface area contributed by atoms with E-state index in [-0.39, 0.29) is 5.92 Å². The molecule has 5 aromatic rings. The Kier molecular flexibility index (Phi) is 4.33. The summed E-state index contributed by atoms with van der Waals surface area (Å²) >= 11 is 0.